The summed E-state index contributed by atoms with van der Waals surface area (Å²) in [6.45, 7) is 0.622. The summed E-state index contributed by atoms with van der Waals surface area (Å²) in [6, 6.07) is 13.9. The number of nitrogens with zero attached hydrogens (tertiary/aromatic N) is 2. The fourth-order valence-corrected chi connectivity index (χ4v) is 6.95. The lowest BCUT2D eigenvalue weighted by Crippen LogP contribution is -2.43. The number of thiophene rings is 1. The Labute approximate surface area is 245 Å². The Balaban J connectivity index is 1.49. The van der Waals surface area contributed by atoms with Crippen LogP contribution in [0.15, 0.2) is 54.7 Å². The number of amides is 2. The van der Waals surface area contributed by atoms with E-state index in [0.717, 1.165) is 29.5 Å². The summed E-state index contributed by atoms with van der Waals surface area (Å²) in [5.74, 6) is 0.502. The number of hydrogen-bond donors (Lipinski definition) is 3. The van der Waals surface area contributed by atoms with E-state index in [1.54, 1.807) is 36.4 Å². The van der Waals surface area contributed by atoms with Crippen LogP contribution >= 0.6 is 22.9 Å². The predicted molar refractivity (Wildman–Crippen MR) is 159 cm³/mol. The Hall–Kier alpha value is -3.89. The Morgan fingerprint density at radius 1 is 1.17 bits per heavy atom. The lowest BCUT2D eigenvalue weighted by atomic mass is 9.85. The maximum atomic E-state index is 14.6. The number of fused-ring (bicyclic) bond motifs is 1. The molecular formula is C30H30ClFN4O4S. The van der Waals surface area contributed by atoms with Gasteiger partial charge in [0.2, 0.25) is 0 Å². The first kappa shape index (κ1) is 28.6. The van der Waals surface area contributed by atoms with Crippen molar-refractivity contribution in [2.24, 2.45) is 5.92 Å². The summed E-state index contributed by atoms with van der Waals surface area (Å²) in [5, 5.41) is 11.8. The number of nitrogens with one attached hydrogen (secondary N) is 1. The van der Waals surface area contributed by atoms with Crippen LogP contribution < -0.4 is 15.8 Å². The molecule has 5 rings (SSSR count). The van der Waals surface area contributed by atoms with Crippen molar-refractivity contribution in [3.8, 4) is 16.9 Å². The van der Waals surface area contributed by atoms with E-state index in [9.17, 15) is 14.0 Å². The fraction of sp³-hybridized carbons (Fsp3) is 0.300. The number of carbonyl (C=O) groups excluding carboxylic acids is 1. The highest BCUT2D eigenvalue weighted by molar-refractivity contribution is 7.21. The van der Waals surface area contributed by atoms with Crippen LogP contribution in [0.3, 0.4) is 0 Å². The number of aromatic nitrogens is 1. The van der Waals surface area contributed by atoms with Crippen LogP contribution in [-0.4, -0.2) is 46.7 Å². The van der Waals surface area contributed by atoms with Gasteiger partial charge in [-0.3, -0.25) is 4.79 Å². The number of hydrogen-bond acceptors (Lipinski definition) is 6. The molecule has 1 aliphatic rings. The van der Waals surface area contributed by atoms with Crippen molar-refractivity contribution in [1.82, 2.24) is 15.2 Å². The summed E-state index contributed by atoms with van der Waals surface area (Å²) in [7, 11) is 1.59. The Morgan fingerprint density at radius 3 is 2.59 bits per heavy atom. The minimum atomic E-state index is -1.04. The van der Waals surface area contributed by atoms with Crippen LogP contribution in [0.4, 0.5) is 15.0 Å². The molecular weight excluding hydrogens is 567 g/mol. The van der Waals surface area contributed by atoms with Crippen molar-refractivity contribution in [2.75, 3.05) is 19.4 Å². The van der Waals surface area contributed by atoms with Crippen molar-refractivity contribution >= 4 is 50.8 Å². The molecule has 2 heterocycles. The highest BCUT2D eigenvalue weighted by Gasteiger charge is 2.33. The van der Waals surface area contributed by atoms with Crippen molar-refractivity contribution in [3.05, 3.63) is 76.0 Å². The number of carboxylic acid groups (broad SMARTS) is 1. The van der Waals surface area contributed by atoms with E-state index in [-0.39, 0.29) is 34.8 Å². The van der Waals surface area contributed by atoms with Gasteiger partial charge in [-0.1, -0.05) is 23.7 Å². The maximum absolute atomic E-state index is 14.6. The maximum Gasteiger partial charge on any atom is 0.404 e. The smallest absolute Gasteiger partial charge is 0.404 e. The molecule has 0 aliphatic heterocycles. The van der Waals surface area contributed by atoms with Crippen LogP contribution in [-0.2, 0) is 6.54 Å². The minimum absolute atomic E-state index is 0.117. The molecule has 2 aromatic carbocycles. The molecule has 214 valence electrons. The molecule has 4 aromatic rings. The zero-order chi connectivity index (χ0) is 29.1. The first-order chi connectivity index (χ1) is 19.7. The number of anilines is 1. The molecule has 1 aliphatic carbocycles. The van der Waals surface area contributed by atoms with Crippen molar-refractivity contribution in [1.29, 1.82) is 0 Å². The zero-order valence-corrected chi connectivity index (χ0v) is 24.0. The molecule has 11 heteroatoms. The molecule has 2 aromatic heterocycles. The molecule has 0 saturated heterocycles. The first-order valence-corrected chi connectivity index (χ1v) is 14.5. The summed E-state index contributed by atoms with van der Waals surface area (Å²) < 4.78 is 20.9. The number of ether oxygens (including phenoxy) is 1. The number of nitrogens with two attached hydrogens (primary N) is 1. The van der Waals surface area contributed by atoms with Gasteiger partial charge in [0.15, 0.2) is 0 Å². The number of rotatable bonds is 8. The largest absolute Gasteiger partial charge is 0.496 e. The van der Waals surface area contributed by atoms with E-state index in [0.29, 0.717) is 40.5 Å². The highest BCUT2D eigenvalue weighted by Crippen LogP contribution is 2.40. The van der Waals surface area contributed by atoms with Gasteiger partial charge >= 0.3 is 6.09 Å². The topological polar surface area (TPSA) is 118 Å². The Bertz CT molecular complexity index is 1570. The standard InChI is InChI=1S/C30H30ClFN4O4S/c1-40-23-11-7-18(19-8-12-25(33)34-15-19)13-20(23)16-36(21-9-5-17(6-10-21)14-35-30(38)39)29(37)28-27(31)26-22(32)3-2-4-24(26)41-28/h2-4,7-8,11-13,15,17,21,35H,5-6,9-10,14,16H2,1H3,(H2,33,34)(H,38,39). The third-order valence-electron chi connectivity index (χ3n) is 7.60. The van der Waals surface area contributed by atoms with Crippen LogP contribution in [0.2, 0.25) is 5.02 Å². The molecule has 4 N–H and O–H groups in total. The Kier molecular flexibility index (Phi) is 8.60. The fourth-order valence-electron chi connectivity index (χ4n) is 5.44. The van der Waals surface area contributed by atoms with E-state index in [2.05, 4.69) is 10.3 Å². The van der Waals surface area contributed by atoms with Gasteiger partial charge in [0.25, 0.3) is 5.91 Å². The highest BCUT2D eigenvalue weighted by atomic mass is 35.5. The van der Waals surface area contributed by atoms with Gasteiger partial charge in [0.1, 0.15) is 22.3 Å². The first-order valence-electron chi connectivity index (χ1n) is 13.3. The Morgan fingerprint density at radius 2 is 1.93 bits per heavy atom. The second kappa shape index (κ2) is 12.3. The van der Waals surface area contributed by atoms with E-state index in [4.69, 9.17) is 27.2 Å². The minimum Gasteiger partial charge on any atom is -0.496 e. The third-order valence-corrected chi connectivity index (χ3v) is 9.23. The van der Waals surface area contributed by atoms with Crippen molar-refractivity contribution in [2.45, 2.75) is 38.3 Å². The number of nitrogen functional groups attached to an aromatic ring is 1. The molecule has 0 bridgehead atoms. The summed E-state index contributed by atoms with van der Waals surface area (Å²) in [5.41, 5.74) is 8.33. The van der Waals surface area contributed by atoms with E-state index < -0.39 is 11.9 Å². The zero-order valence-electron chi connectivity index (χ0n) is 22.4. The third kappa shape index (κ3) is 6.23. The molecule has 1 fully saturated rings. The lowest BCUT2D eigenvalue weighted by molar-refractivity contribution is 0.0592. The second-order valence-corrected chi connectivity index (χ2v) is 11.6. The SMILES string of the molecule is COc1ccc(-c2ccc(N)nc2)cc1CN(C(=O)c1sc2cccc(F)c2c1Cl)C1CCC(CNC(=O)O)CC1. The number of pyridine rings is 1. The van der Waals surface area contributed by atoms with Gasteiger partial charge < -0.3 is 25.8 Å². The van der Waals surface area contributed by atoms with Crippen LogP contribution in [0.5, 0.6) is 5.75 Å². The normalized spacial score (nSPS) is 16.9. The average Bonchev–Trinajstić information content (AvgIpc) is 3.32. The molecule has 8 nitrogen and oxygen atoms in total. The predicted octanol–water partition coefficient (Wildman–Crippen LogP) is 6.82. The van der Waals surface area contributed by atoms with Crippen molar-refractivity contribution in [3.63, 3.8) is 0 Å². The quantitative estimate of drug-likeness (QED) is 0.205. The van der Waals surface area contributed by atoms with Gasteiger partial charge in [-0.05, 0) is 73.6 Å². The van der Waals surface area contributed by atoms with Crippen LogP contribution in [0.25, 0.3) is 21.2 Å². The van der Waals surface area contributed by atoms with Gasteiger partial charge in [0, 0.05) is 46.5 Å². The second-order valence-electron chi connectivity index (χ2n) is 10.2. The number of methoxy groups -OCH3 is 1. The molecule has 1 saturated carbocycles. The molecule has 0 spiro atoms. The molecule has 0 atom stereocenters. The monoisotopic (exact) mass is 596 g/mol. The molecule has 2 amide bonds. The molecule has 0 unspecified atom stereocenters. The van der Waals surface area contributed by atoms with E-state index >= 15 is 0 Å². The van der Waals surface area contributed by atoms with E-state index in [1.807, 2.05) is 24.3 Å². The number of carbonyl (C=O) groups is 2. The number of benzene rings is 2. The summed E-state index contributed by atoms with van der Waals surface area (Å²) in [4.78, 5) is 31.5. The molecule has 0 radical (unpaired) electrons. The lowest BCUT2D eigenvalue weighted by Gasteiger charge is -2.37. The van der Waals surface area contributed by atoms with Crippen molar-refractivity contribution < 1.29 is 23.8 Å². The van der Waals surface area contributed by atoms with Crippen LogP contribution in [0, 0.1) is 11.7 Å². The van der Waals surface area contributed by atoms with Gasteiger partial charge in [-0.15, -0.1) is 11.3 Å². The van der Waals surface area contributed by atoms with Crippen LogP contribution in [0.1, 0.15) is 40.9 Å². The summed E-state index contributed by atoms with van der Waals surface area (Å²) >= 11 is 7.81. The van der Waals surface area contributed by atoms with Gasteiger partial charge in [-0.25, -0.2) is 14.2 Å². The summed E-state index contributed by atoms with van der Waals surface area (Å²) in [6.07, 6.45) is 3.56. The molecule has 41 heavy (non-hydrogen) atoms. The van der Waals surface area contributed by atoms with Gasteiger partial charge in [0.05, 0.1) is 12.1 Å². The average molecular weight is 597 g/mol. The number of halogens is 2. The van der Waals surface area contributed by atoms with Gasteiger partial charge in [-0.2, -0.15) is 0 Å². The van der Waals surface area contributed by atoms with E-state index in [1.165, 1.54) is 17.4 Å².